The van der Waals surface area contributed by atoms with E-state index >= 15 is 0 Å². The molecule has 32 nitrogen and oxygen atoms in total. The Bertz CT molecular complexity index is 2860. The number of benzene rings is 1. The second kappa shape index (κ2) is 36.5. The van der Waals surface area contributed by atoms with E-state index in [4.69, 9.17) is 0 Å². The maximum Gasteiger partial charge on any atom is 3.00 e. The van der Waals surface area contributed by atoms with E-state index in [0.717, 1.165) is 56.6 Å². The molecule has 0 saturated heterocycles. The predicted octanol–water partition coefficient (Wildman–Crippen LogP) is -9.45. The number of nitrogens with one attached hydrogen (secondary N) is 4. The average molecular weight is 1370 g/mol. The summed E-state index contributed by atoms with van der Waals surface area (Å²) in [6.07, 6.45) is -21.1. The first-order chi connectivity index (χ1) is 39.7. The standard InChI is InChI=1S/C53H75N7O24.Gd.H2O/c61-25-36(70)46(78)43(75)33(67)22-58-18-9-29(64)21-30(58)50(82)54-15-4-12-53(57-49(81)28-7-2-1-3-8-28,13-5-16-55-51(83)39-41(73)31(65)10-19-59(39)23-34(68)44(76)47(79)37(71)26-62)14-6-17-56-52(84)40-42(74)32(66)11-20-60(40)24-35(69)45(77)48(80)38(72)27-63;;/h1-3,7-11,18-21,33-38,43-48,61-63,67-80H,4-6,12-17,22-27H2,(H,54,82)(H,55,83)(H,56,84)(H,57,81);;1H2/q;+3;/p-3/t33-,34-,35-,36+,37+,38+,43+,44+,45+,46+,47+,48+;;/m0../s1. The Labute approximate surface area is 521 Å². The van der Waals surface area contributed by atoms with E-state index in [2.05, 4.69) is 21.3 Å². The zero-order chi connectivity index (χ0) is 62.6. The van der Waals surface area contributed by atoms with E-state index in [1.807, 2.05) is 0 Å². The monoisotopic (exact) mass is 1370 g/mol. The summed E-state index contributed by atoms with van der Waals surface area (Å²) in [4.78, 5) is 92.7. The summed E-state index contributed by atoms with van der Waals surface area (Å²) < 4.78 is 2.71. The molecule has 86 heavy (non-hydrogen) atoms. The molecule has 33 heteroatoms. The van der Waals surface area contributed by atoms with Crippen molar-refractivity contribution >= 4 is 23.6 Å². The SMILES string of the molecule is O=C(NC(CCCNC(=O)c1cc(=O)ccn1C[C@H](O)[C@@H](O)[C@H](O)[C@H](O)CO)(CCCNC(=O)c1c([O-])c(=O)ccn1C[C@H](O)[C@@H](O)[C@H](O)[C@H](O)CO)CCCNC(=O)c1c([O-])c(=O)ccn1C[C@H](O)[C@@H](O)[C@H](O)[C@H](O)CO)c1ccccc1.[Gd+3].[OH-]. The van der Waals surface area contributed by atoms with Crippen molar-refractivity contribution in [2.45, 2.75) is 137 Å². The Hall–Kier alpha value is -5.77. The van der Waals surface area contributed by atoms with Crippen molar-refractivity contribution in [1.82, 2.24) is 35.0 Å². The third kappa shape index (κ3) is 21.2. The van der Waals surface area contributed by atoms with Crippen molar-refractivity contribution in [1.29, 1.82) is 0 Å². The van der Waals surface area contributed by atoms with Crippen LogP contribution in [-0.4, -0.2) is 238 Å². The fourth-order valence-corrected chi connectivity index (χ4v) is 8.97. The minimum Gasteiger partial charge on any atom is -0.870 e. The van der Waals surface area contributed by atoms with E-state index < -0.39 is 181 Å². The van der Waals surface area contributed by atoms with Gasteiger partial charge in [-0.05, 0) is 62.2 Å². The molecule has 1 aromatic carbocycles. The van der Waals surface area contributed by atoms with Gasteiger partial charge in [-0.25, -0.2) is 0 Å². The van der Waals surface area contributed by atoms with Gasteiger partial charge in [0.2, 0.25) is 0 Å². The maximum absolute atomic E-state index is 14.1. The van der Waals surface area contributed by atoms with Crippen LogP contribution in [0.25, 0.3) is 0 Å². The molecule has 12 atom stereocenters. The zero-order valence-corrected chi connectivity index (χ0v) is 48.3. The van der Waals surface area contributed by atoms with Gasteiger partial charge in [0.1, 0.15) is 90.3 Å². The summed E-state index contributed by atoms with van der Waals surface area (Å²) in [5.41, 5.74) is -6.12. The van der Waals surface area contributed by atoms with Crippen molar-refractivity contribution < 1.29 is 151 Å². The van der Waals surface area contributed by atoms with Gasteiger partial charge in [-0.3, -0.25) is 33.6 Å². The molecule has 0 aliphatic carbocycles. The van der Waals surface area contributed by atoms with Crippen LogP contribution >= 0.6 is 0 Å². The molecule has 0 spiro atoms. The number of rotatable bonds is 35. The second-order valence-corrected chi connectivity index (χ2v) is 20.0. The van der Waals surface area contributed by atoms with Crippen LogP contribution in [0.5, 0.6) is 11.5 Å². The smallest absolute Gasteiger partial charge is 0.870 e. The van der Waals surface area contributed by atoms with Crippen molar-refractivity contribution in [2.24, 2.45) is 0 Å². The summed E-state index contributed by atoms with van der Waals surface area (Å²) in [6, 6.07) is 11.3. The van der Waals surface area contributed by atoms with Crippen LogP contribution in [0.3, 0.4) is 0 Å². The number of pyridine rings is 3. The summed E-state index contributed by atoms with van der Waals surface area (Å²) in [5, 5.41) is 187. The molecule has 0 aliphatic heterocycles. The molecule has 20 N–H and O–H groups in total. The van der Waals surface area contributed by atoms with Crippen molar-refractivity contribution in [3.8, 4) is 11.5 Å². The number of amides is 4. The summed E-state index contributed by atoms with van der Waals surface area (Å²) in [6.45, 7) is -5.95. The topological polar surface area (TPSA) is 562 Å². The van der Waals surface area contributed by atoms with E-state index in [0.29, 0.717) is 0 Å². The number of hydrogen-bond acceptors (Lipinski definition) is 25. The molecule has 0 saturated carbocycles. The van der Waals surface area contributed by atoms with Gasteiger partial charge in [-0.15, -0.1) is 0 Å². The van der Waals surface area contributed by atoms with Crippen LogP contribution in [0.2, 0.25) is 0 Å². The second-order valence-electron chi connectivity index (χ2n) is 20.0. The van der Waals surface area contributed by atoms with Crippen molar-refractivity contribution in [3.05, 3.63) is 127 Å². The molecule has 4 rings (SSSR count). The van der Waals surface area contributed by atoms with Crippen LogP contribution in [-0.2, 0) is 19.6 Å². The molecule has 1 radical (unpaired) electrons. The molecule has 0 bridgehead atoms. The van der Waals surface area contributed by atoms with Gasteiger partial charge in [-0.2, -0.15) is 0 Å². The third-order valence-electron chi connectivity index (χ3n) is 13.8. The van der Waals surface area contributed by atoms with E-state index in [1.165, 1.54) is 12.1 Å². The molecule has 3 aromatic heterocycles. The van der Waals surface area contributed by atoms with Crippen LogP contribution < -0.4 is 47.8 Å². The Kier molecular flexibility index (Phi) is 32.4. The number of nitrogens with zero attached hydrogens (tertiary/aromatic N) is 3. The van der Waals surface area contributed by atoms with Crippen LogP contribution in [0, 0.1) is 39.9 Å². The minimum atomic E-state index is -2.12. The van der Waals surface area contributed by atoms with Gasteiger partial charge < -0.3 is 127 Å². The fourth-order valence-electron chi connectivity index (χ4n) is 8.97. The molecular formula is C53H74GdN7O25. The number of hydrogen-bond donors (Lipinski definition) is 19. The average Bonchev–Trinajstić information content (AvgIpc) is 2.83. The molecule has 4 amide bonds. The Balaban J connectivity index is 0.0000126. The number of carbonyl (C=O) groups excluding carboxylic acids is 4. The van der Waals surface area contributed by atoms with Gasteiger partial charge in [-0.1, -0.05) is 18.2 Å². The minimum absolute atomic E-state index is 0. The van der Waals surface area contributed by atoms with Crippen LogP contribution in [0.1, 0.15) is 80.3 Å². The Morgan fingerprint density at radius 3 is 1.17 bits per heavy atom. The Morgan fingerprint density at radius 1 is 0.465 bits per heavy atom. The molecule has 4 aromatic rings. The zero-order valence-electron chi connectivity index (χ0n) is 46.0. The first kappa shape index (κ1) is 76.3. The maximum atomic E-state index is 14.1. The molecule has 0 fully saturated rings. The summed E-state index contributed by atoms with van der Waals surface area (Å²) in [5.74, 6) is -6.49. The number of aliphatic hydroxyl groups is 15. The molecule has 479 valence electrons. The van der Waals surface area contributed by atoms with Crippen LogP contribution in [0.4, 0.5) is 0 Å². The van der Waals surface area contributed by atoms with Gasteiger partial charge in [0.25, 0.3) is 23.6 Å². The molecule has 3 heterocycles. The summed E-state index contributed by atoms with van der Waals surface area (Å²) in [7, 11) is 0. The van der Waals surface area contributed by atoms with Gasteiger partial charge >= 0.3 is 39.9 Å². The van der Waals surface area contributed by atoms with Crippen molar-refractivity contribution in [3.63, 3.8) is 0 Å². The van der Waals surface area contributed by atoms with Gasteiger partial charge in [0, 0.05) is 73.6 Å². The van der Waals surface area contributed by atoms with Crippen molar-refractivity contribution in [2.75, 3.05) is 39.5 Å². The fraction of sp³-hybridized carbons (Fsp3) is 0.528. The molecular weight excluding hydrogens is 1290 g/mol. The van der Waals surface area contributed by atoms with E-state index in [9.17, 15) is 120 Å². The normalized spacial score (nSPS) is 15.8. The molecule has 0 aliphatic rings. The quantitative estimate of drug-likeness (QED) is 0.0190. The van der Waals surface area contributed by atoms with Gasteiger partial charge in [0.05, 0.1) is 39.5 Å². The Morgan fingerprint density at radius 2 is 0.802 bits per heavy atom. The predicted molar refractivity (Wildman–Crippen MR) is 288 cm³/mol. The van der Waals surface area contributed by atoms with E-state index in [1.54, 1.807) is 18.2 Å². The third-order valence-corrected chi connectivity index (χ3v) is 13.8. The van der Waals surface area contributed by atoms with E-state index in [-0.39, 0.29) is 115 Å². The number of aromatic nitrogens is 3. The van der Waals surface area contributed by atoms with Crippen LogP contribution in [0.15, 0.2) is 87.6 Å². The number of carbonyl (C=O) groups is 4. The van der Waals surface area contributed by atoms with Gasteiger partial charge in [0.15, 0.2) is 16.3 Å². The summed E-state index contributed by atoms with van der Waals surface area (Å²) >= 11 is 0. The first-order valence-corrected chi connectivity index (χ1v) is 26.5. The first-order valence-electron chi connectivity index (χ1n) is 26.5. The number of aliphatic hydroxyl groups excluding tert-OH is 15. The largest absolute Gasteiger partial charge is 3.00 e. The molecule has 0 unspecified atom stereocenters.